The second kappa shape index (κ2) is 11.4. The molecule has 0 spiro atoms. The molecule has 0 saturated carbocycles. The molecular weight excluding hydrogens is 593 g/mol. The van der Waals surface area contributed by atoms with Crippen molar-refractivity contribution in [3.05, 3.63) is 65.1 Å². The van der Waals surface area contributed by atoms with Gasteiger partial charge in [0, 0.05) is 24.0 Å². The summed E-state index contributed by atoms with van der Waals surface area (Å²) < 4.78 is 21.4. The van der Waals surface area contributed by atoms with Gasteiger partial charge in [-0.05, 0) is 111 Å². The number of aromatic hydroxyl groups is 1. The predicted molar refractivity (Wildman–Crippen MR) is 181 cm³/mol. The van der Waals surface area contributed by atoms with Crippen molar-refractivity contribution in [2.24, 2.45) is 5.92 Å². The number of hydrogen-bond acceptors (Lipinski definition) is 7. The quantitative estimate of drug-likeness (QED) is 0.281. The van der Waals surface area contributed by atoms with Gasteiger partial charge in [0.2, 0.25) is 5.91 Å². The highest BCUT2D eigenvalue weighted by molar-refractivity contribution is 6.02. The third-order valence-corrected chi connectivity index (χ3v) is 11.4. The zero-order valence-corrected chi connectivity index (χ0v) is 26.8. The summed E-state index contributed by atoms with van der Waals surface area (Å²) in [5.74, 6) is 3.38. The number of halogens is 1. The number of hydrogen-bond donors (Lipinski definition) is 1. The predicted octanol–water partition coefficient (Wildman–Crippen LogP) is 5.56. The first-order chi connectivity index (χ1) is 22.8. The van der Waals surface area contributed by atoms with E-state index in [9.17, 15) is 14.3 Å². The van der Waals surface area contributed by atoms with Crippen molar-refractivity contribution in [2.45, 2.75) is 69.5 Å². The average Bonchev–Trinajstić information content (AvgIpc) is 3.71. The third kappa shape index (κ3) is 4.88. The van der Waals surface area contributed by atoms with Crippen LogP contribution in [0.25, 0.3) is 22.4 Å². The number of phenolic OH excluding ortho intramolecular Hbond substituents is 1. The van der Waals surface area contributed by atoms with Crippen LogP contribution in [0.5, 0.6) is 11.8 Å². The van der Waals surface area contributed by atoms with Crippen LogP contribution in [0.2, 0.25) is 0 Å². The number of anilines is 1. The summed E-state index contributed by atoms with van der Waals surface area (Å²) in [4.78, 5) is 29.8. The van der Waals surface area contributed by atoms with Crippen LogP contribution in [-0.2, 0) is 11.2 Å². The van der Waals surface area contributed by atoms with Gasteiger partial charge in [0.15, 0.2) is 0 Å². The van der Waals surface area contributed by atoms with Crippen LogP contribution in [0.1, 0.15) is 67.8 Å². The molecule has 5 aliphatic rings. The Labute approximate surface area is 274 Å². The van der Waals surface area contributed by atoms with E-state index in [1.165, 1.54) is 25.0 Å². The Hall–Kier alpha value is -4.42. The van der Waals surface area contributed by atoms with E-state index in [0.29, 0.717) is 60.8 Å². The Morgan fingerprint density at radius 2 is 2.02 bits per heavy atom. The summed E-state index contributed by atoms with van der Waals surface area (Å²) >= 11 is 0. The molecule has 4 fully saturated rings. The highest BCUT2D eigenvalue weighted by Crippen LogP contribution is 2.43. The molecule has 0 radical (unpaired) electrons. The number of benzene rings is 2. The molecule has 8 rings (SSSR count). The van der Waals surface area contributed by atoms with E-state index >= 15 is 0 Å². The van der Waals surface area contributed by atoms with Crippen LogP contribution in [0.4, 0.5) is 10.2 Å². The lowest BCUT2D eigenvalue weighted by Crippen LogP contribution is -2.56. The summed E-state index contributed by atoms with van der Waals surface area (Å²) in [6, 6.07) is 6.79. The molecular formula is C38H40FN5O3. The van der Waals surface area contributed by atoms with E-state index < -0.39 is 5.82 Å². The molecule has 2 aromatic carbocycles. The maximum absolute atomic E-state index is 14.9. The number of carbonyl (C=O) groups excluding carboxylic acids is 1. The Kier molecular flexibility index (Phi) is 7.25. The number of piperazine rings is 1. The summed E-state index contributed by atoms with van der Waals surface area (Å²) in [6.07, 6.45) is 16.1. The molecule has 5 heterocycles. The smallest absolute Gasteiger partial charge is 0.318 e. The number of allylic oxidation sites excluding steroid dienone is 1. The third-order valence-electron chi connectivity index (χ3n) is 11.4. The minimum Gasteiger partial charge on any atom is -0.508 e. The Bertz CT molecular complexity index is 1870. The monoisotopic (exact) mass is 633 g/mol. The van der Waals surface area contributed by atoms with Crippen molar-refractivity contribution in [2.75, 3.05) is 37.7 Å². The topological polar surface area (TPSA) is 82.0 Å². The number of fused-ring (bicyclic) bond motifs is 5. The Balaban J connectivity index is 1.22. The van der Waals surface area contributed by atoms with Gasteiger partial charge in [-0.3, -0.25) is 9.69 Å². The number of terminal acetylenes is 1. The summed E-state index contributed by atoms with van der Waals surface area (Å²) in [7, 11) is 0. The van der Waals surface area contributed by atoms with Gasteiger partial charge in [-0.1, -0.05) is 25.5 Å². The number of nitrogens with zero attached hydrogens (tertiary/aromatic N) is 5. The van der Waals surface area contributed by atoms with Crippen molar-refractivity contribution in [1.29, 1.82) is 0 Å². The molecule has 1 N–H and O–H groups in total. The normalized spacial score (nSPS) is 24.5. The highest BCUT2D eigenvalue weighted by Gasteiger charge is 2.47. The van der Waals surface area contributed by atoms with Gasteiger partial charge in [0.1, 0.15) is 24.0 Å². The summed E-state index contributed by atoms with van der Waals surface area (Å²) in [5.41, 5.74) is 3.65. The molecule has 1 aromatic heterocycles. The molecule has 4 saturated heterocycles. The number of aromatic nitrogens is 2. The maximum Gasteiger partial charge on any atom is 0.318 e. The molecule has 2 bridgehead atoms. The number of phenols is 1. The van der Waals surface area contributed by atoms with Crippen molar-refractivity contribution >= 4 is 34.1 Å². The minimum absolute atomic E-state index is 0.0108. The van der Waals surface area contributed by atoms with Gasteiger partial charge in [-0.15, -0.1) is 6.42 Å². The first kappa shape index (κ1) is 29.9. The molecule has 0 unspecified atom stereocenters. The second-order valence-electron chi connectivity index (χ2n) is 14.0. The number of carbonyl (C=O) groups is 1. The van der Waals surface area contributed by atoms with E-state index in [1.54, 1.807) is 18.2 Å². The zero-order valence-electron chi connectivity index (χ0n) is 26.8. The van der Waals surface area contributed by atoms with E-state index in [0.717, 1.165) is 55.0 Å². The molecule has 242 valence electrons. The fourth-order valence-corrected chi connectivity index (χ4v) is 9.19. The van der Waals surface area contributed by atoms with Crippen molar-refractivity contribution in [1.82, 2.24) is 19.8 Å². The molecule has 1 aliphatic carbocycles. The first-order valence-corrected chi connectivity index (χ1v) is 16.9. The van der Waals surface area contributed by atoms with Crippen LogP contribution in [0.15, 0.2) is 36.9 Å². The fourth-order valence-electron chi connectivity index (χ4n) is 9.19. The van der Waals surface area contributed by atoms with Crippen LogP contribution in [0.3, 0.4) is 0 Å². The SMILES string of the molecule is C#Cc1c(F)ccc2cc(O)cc(C3=Cc4nc(OCC56CCCN5CCC6)nc(N5C[C@H]6C[C@@H](C)[C@@H](C5)N6C(=O)C=C)c4CC3)c12. The maximum atomic E-state index is 14.9. The van der Waals surface area contributed by atoms with Crippen LogP contribution in [0, 0.1) is 24.1 Å². The average molecular weight is 634 g/mol. The van der Waals surface area contributed by atoms with Crippen molar-refractivity contribution in [3.8, 4) is 24.1 Å². The van der Waals surface area contributed by atoms with Crippen LogP contribution < -0.4 is 9.64 Å². The number of amides is 1. The molecule has 4 aliphatic heterocycles. The van der Waals surface area contributed by atoms with E-state index in [-0.39, 0.29) is 34.8 Å². The lowest BCUT2D eigenvalue weighted by Gasteiger charge is -2.42. The summed E-state index contributed by atoms with van der Waals surface area (Å²) in [6.45, 7) is 10.1. The van der Waals surface area contributed by atoms with Gasteiger partial charge in [0.05, 0.1) is 28.9 Å². The zero-order chi connectivity index (χ0) is 32.4. The Morgan fingerprint density at radius 1 is 1.21 bits per heavy atom. The van der Waals surface area contributed by atoms with Gasteiger partial charge in [0.25, 0.3) is 0 Å². The van der Waals surface area contributed by atoms with Crippen LogP contribution in [-0.4, -0.2) is 81.2 Å². The minimum atomic E-state index is -0.464. The molecule has 3 aromatic rings. The molecule has 47 heavy (non-hydrogen) atoms. The van der Waals surface area contributed by atoms with Crippen molar-refractivity contribution < 1.29 is 19.0 Å². The summed E-state index contributed by atoms with van der Waals surface area (Å²) in [5, 5.41) is 12.0. The first-order valence-electron chi connectivity index (χ1n) is 16.9. The molecule has 1 amide bonds. The lowest BCUT2D eigenvalue weighted by molar-refractivity contribution is -0.129. The second-order valence-corrected chi connectivity index (χ2v) is 14.0. The largest absolute Gasteiger partial charge is 0.508 e. The standard InChI is InChI=1S/C38H40FN5O3/c1-4-28-31(39)11-9-25-17-27(45)19-30(35(25)28)24-8-10-29-32(18-24)40-37(47-22-38-12-6-14-43(38)15-7-13-38)41-36(29)42-20-26-16-23(3)33(21-42)44(26)34(46)5-2/h1,5,9,11,17-19,23,26,33,45H,2,6-8,10,12-16,20-22H2,3H3/t23-,26-,33-/m1/s1. The van der Waals surface area contributed by atoms with Gasteiger partial charge < -0.3 is 19.6 Å². The van der Waals surface area contributed by atoms with E-state index in [1.807, 2.05) is 11.0 Å². The van der Waals surface area contributed by atoms with E-state index in [4.69, 9.17) is 21.1 Å². The fraction of sp³-hybridized carbons (Fsp3) is 0.447. The number of ether oxygens (including phenoxy) is 1. The molecule has 3 atom stereocenters. The van der Waals surface area contributed by atoms with Crippen LogP contribution >= 0.6 is 0 Å². The van der Waals surface area contributed by atoms with Crippen molar-refractivity contribution in [3.63, 3.8) is 0 Å². The molecule has 8 nitrogen and oxygen atoms in total. The highest BCUT2D eigenvalue weighted by atomic mass is 19.1. The van der Waals surface area contributed by atoms with Gasteiger partial charge >= 0.3 is 6.01 Å². The van der Waals surface area contributed by atoms with Gasteiger partial charge in [-0.2, -0.15) is 9.97 Å². The number of rotatable bonds is 6. The Morgan fingerprint density at radius 3 is 2.77 bits per heavy atom. The van der Waals surface area contributed by atoms with E-state index in [2.05, 4.69) is 29.2 Å². The lowest BCUT2D eigenvalue weighted by atomic mass is 9.87. The molecule has 9 heteroatoms. The van der Waals surface area contributed by atoms with Gasteiger partial charge in [-0.25, -0.2) is 4.39 Å².